The molecule has 22 heavy (non-hydrogen) atoms. The number of hydrogen-bond acceptors (Lipinski definition) is 4. The summed E-state index contributed by atoms with van der Waals surface area (Å²) in [6.45, 7) is 5.95. The molecule has 0 aliphatic carbocycles. The fourth-order valence-corrected chi connectivity index (χ4v) is 4.20. The highest BCUT2D eigenvalue weighted by Gasteiger charge is 2.29. The lowest BCUT2D eigenvalue weighted by atomic mass is 10.2. The first-order valence-corrected chi connectivity index (χ1v) is 8.88. The predicted octanol–water partition coefficient (Wildman–Crippen LogP) is 1.00. The van der Waals surface area contributed by atoms with Crippen LogP contribution in [0.3, 0.4) is 0 Å². The largest absolute Gasteiger partial charge is 0.308 e. The van der Waals surface area contributed by atoms with Crippen molar-refractivity contribution in [3.63, 3.8) is 0 Å². The topological polar surface area (TPSA) is 43.9 Å². The van der Waals surface area contributed by atoms with Gasteiger partial charge in [-0.15, -0.1) is 0 Å². The molecule has 1 fully saturated rings. The Morgan fingerprint density at radius 3 is 2.36 bits per heavy atom. The summed E-state index contributed by atoms with van der Waals surface area (Å²) in [6.07, 6.45) is 0. The van der Waals surface area contributed by atoms with Crippen LogP contribution in [0.25, 0.3) is 0 Å². The van der Waals surface area contributed by atoms with Gasteiger partial charge in [0.1, 0.15) is 5.82 Å². The third-order valence-corrected chi connectivity index (χ3v) is 6.01. The first-order chi connectivity index (χ1) is 10.3. The van der Waals surface area contributed by atoms with Gasteiger partial charge in [0.25, 0.3) is 0 Å². The van der Waals surface area contributed by atoms with Crippen LogP contribution in [0.1, 0.15) is 5.56 Å². The Hall–Kier alpha value is -1.02. The maximum atomic E-state index is 13.2. The lowest BCUT2D eigenvalue weighted by Crippen LogP contribution is -2.49. The van der Waals surface area contributed by atoms with Crippen LogP contribution in [0.4, 0.5) is 4.39 Å². The van der Waals surface area contributed by atoms with E-state index in [2.05, 4.69) is 9.80 Å². The van der Waals surface area contributed by atoms with E-state index in [0.717, 1.165) is 26.2 Å². The average molecular weight is 329 g/mol. The number of nitrogens with zero attached hydrogens (tertiary/aromatic N) is 3. The summed E-state index contributed by atoms with van der Waals surface area (Å²) in [5.41, 5.74) is 0.454. The summed E-state index contributed by atoms with van der Waals surface area (Å²) in [5, 5.41) is 0. The number of rotatable bonds is 5. The Bertz CT molecular complexity index is 611. The van der Waals surface area contributed by atoms with E-state index in [9.17, 15) is 12.8 Å². The third kappa shape index (κ3) is 4.04. The molecule has 1 aromatic carbocycles. The fraction of sp³-hybridized carbons (Fsp3) is 0.600. The van der Waals surface area contributed by atoms with Crippen LogP contribution in [-0.4, -0.2) is 75.9 Å². The molecule has 0 saturated carbocycles. The highest BCUT2D eigenvalue weighted by molar-refractivity contribution is 7.89. The first kappa shape index (κ1) is 17.3. The molecule has 124 valence electrons. The van der Waals surface area contributed by atoms with E-state index in [1.165, 1.54) is 22.5 Å². The van der Waals surface area contributed by atoms with Crippen molar-refractivity contribution in [2.75, 3.05) is 53.4 Å². The fourth-order valence-electron chi connectivity index (χ4n) is 2.58. The highest BCUT2D eigenvalue weighted by atomic mass is 32.2. The molecule has 5 nitrogen and oxygen atoms in total. The van der Waals surface area contributed by atoms with Crippen molar-refractivity contribution in [2.45, 2.75) is 11.8 Å². The van der Waals surface area contributed by atoms with Gasteiger partial charge in [0, 0.05) is 39.3 Å². The SMILES string of the molecule is Cc1cc(F)ccc1S(=O)(=O)N1CCN(CCN(C)C)CC1. The van der Waals surface area contributed by atoms with Gasteiger partial charge in [-0.1, -0.05) is 0 Å². The summed E-state index contributed by atoms with van der Waals surface area (Å²) in [4.78, 5) is 4.59. The van der Waals surface area contributed by atoms with Crippen molar-refractivity contribution >= 4 is 10.0 Å². The summed E-state index contributed by atoms with van der Waals surface area (Å²) in [5.74, 6) is -0.412. The Morgan fingerprint density at radius 2 is 1.82 bits per heavy atom. The molecule has 1 aromatic rings. The minimum atomic E-state index is -3.53. The molecule has 0 spiro atoms. The number of aryl methyl sites for hydroxylation is 1. The number of likely N-dealkylation sites (N-methyl/N-ethyl adjacent to an activating group) is 1. The van der Waals surface area contributed by atoms with Gasteiger partial charge >= 0.3 is 0 Å². The van der Waals surface area contributed by atoms with Gasteiger partial charge in [-0.3, -0.25) is 4.90 Å². The number of halogens is 1. The van der Waals surface area contributed by atoms with Crippen LogP contribution >= 0.6 is 0 Å². The van der Waals surface area contributed by atoms with Crippen LogP contribution in [0.15, 0.2) is 23.1 Å². The average Bonchev–Trinajstić information content (AvgIpc) is 2.45. The Labute approximate surface area is 132 Å². The maximum Gasteiger partial charge on any atom is 0.243 e. The normalized spacial score (nSPS) is 18.0. The van der Waals surface area contributed by atoms with Crippen molar-refractivity contribution in [2.24, 2.45) is 0 Å². The van der Waals surface area contributed by atoms with E-state index in [1.807, 2.05) is 14.1 Å². The quantitative estimate of drug-likeness (QED) is 0.808. The summed E-state index contributed by atoms with van der Waals surface area (Å²) in [6, 6.07) is 3.83. The Morgan fingerprint density at radius 1 is 1.18 bits per heavy atom. The van der Waals surface area contributed by atoms with Gasteiger partial charge in [0.15, 0.2) is 0 Å². The van der Waals surface area contributed by atoms with Crippen LogP contribution in [-0.2, 0) is 10.0 Å². The molecule has 2 rings (SSSR count). The van der Waals surface area contributed by atoms with Crippen molar-refractivity contribution in [1.82, 2.24) is 14.1 Å². The standard InChI is InChI=1S/C15H24FN3O2S/c1-13-12-14(16)4-5-15(13)22(20,21)19-10-8-18(9-11-19)7-6-17(2)3/h4-5,12H,6-11H2,1-3H3. The molecule has 0 N–H and O–H groups in total. The summed E-state index contributed by atoms with van der Waals surface area (Å²) in [7, 11) is 0.517. The maximum absolute atomic E-state index is 13.2. The zero-order valence-corrected chi connectivity index (χ0v) is 14.2. The molecular weight excluding hydrogens is 305 g/mol. The van der Waals surface area contributed by atoms with Crippen molar-refractivity contribution < 1.29 is 12.8 Å². The molecule has 1 heterocycles. The summed E-state index contributed by atoms with van der Waals surface area (Å²) >= 11 is 0. The number of piperazine rings is 1. The van der Waals surface area contributed by atoms with Crippen molar-refractivity contribution in [3.05, 3.63) is 29.6 Å². The van der Waals surface area contributed by atoms with Crippen LogP contribution < -0.4 is 0 Å². The van der Waals surface area contributed by atoms with Crippen molar-refractivity contribution in [1.29, 1.82) is 0 Å². The minimum absolute atomic E-state index is 0.204. The molecule has 1 saturated heterocycles. The van der Waals surface area contributed by atoms with Crippen LogP contribution in [0, 0.1) is 12.7 Å². The molecule has 0 radical (unpaired) electrons. The second-order valence-corrected chi connectivity index (χ2v) is 7.87. The van der Waals surface area contributed by atoms with Crippen LogP contribution in [0.2, 0.25) is 0 Å². The van der Waals surface area contributed by atoms with Gasteiger partial charge < -0.3 is 4.90 Å². The molecule has 0 unspecified atom stereocenters. The van der Waals surface area contributed by atoms with E-state index < -0.39 is 15.8 Å². The lowest BCUT2D eigenvalue weighted by Gasteiger charge is -2.34. The molecule has 0 aromatic heterocycles. The molecule has 0 atom stereocenters. The lowest BCUT2D eigenvalue weighted by molar-refractivity contribution is 0.174. The van der Waals surface area contributed by atoms with E-state index in [0.29, 0.717) is 18.7 Å². The second-order valence-electron chi connectivity index (χ2n) is 5.96. The first-order valence-electron chi connectivity index (χ1n) is 7.44. The number of benzene rings is 1. The van der Waals surface area contributed by atoms with E-state index >= 15 is 0 Å². The van der Waals surface area contributed by atoms with Gasteiger partial charge in [-0.2, -0.15) is 4.31 Å². The van der Waals surface area contributed by atoms with Gasteiger partial charge in [0.2, 0.25) is 10.0 Å². The van der Waals surface area contributed by atoms with Gasteiger partial charge in [-0.05, 0) is 44.8 Å². The number of hydrogen-bond donors (Lipinski definition) is 0. The smallest absolute Gasteiger partial charge is 0.243 e. The molecule has 1 aliphatic rings. The Kier molecular flexibility index (Phi) is 5.55. The monoisotopic (exact) mass is 329 g/mol. The zero-order chi connectivity index (χ0) is 16.3. The molecular formula is C15H24FN3O2S. The van der Waals surface area contributed by atoms with Gasteiger partial charge in [-0.25, -0.2) is 12.8 Å². The van der Waals surface area contributed by atoms with Crippen molar-refractivity contribution in [3.8, 4) is 0 Å². The highest BCUT2D eigenvalue weighted by Crippen LogP contribution is 2.21. The van der Waals surface area contributed by atoms with Crippen LogP contribution in [0.5, 0.6) is 0 Å². The van der Waals surface area contributed by atoms with E-state index in [-0.39, 0.29) is 4.90 Å². The van der Waals surface area contributed by atoms with E-state index in [1.54, 1.807) is 6.92 Å². The third-order valence-electron chi connectivity index (χ3n) is 3.95. The summed E-state index contributed by atoms with van der Waals surface area (Å²) < 4.78 is 40.0. The minimum Gasteiger partial charge on any atom is -0.308 e. The Balaban J connectivity index is 2.03. The number of sulfonamides is 1. The molecule has 0 amide bonds. The van der Waals surface area contributed by atoms with E-state index in [4.69, 9.17) is 0 Å². The molecule has 0 bridgehead atoms. The second kappa shape index (κ2) is 7.04. The van der Waals surface area contributed by atoms with Gasteiger partial charge in [0.05, 0.1) is 4.90 Å². The predicted molar refractivity (Wildman–Crippen MR) is 84.9 cm³/mol. The molecule has 1 aliphatic heterocycles. The zero-order valence-electron chi connectivity index (χ0n) is 13.4. The molecule has 7 heteroatoms.